The number of rotatable bonds is 3. The van der Waals surface area contributed by atoms with Gasteiger partial charge in [0.25, 0.3) is 0 Å². The number of allylic oxidation sites excluding steroid dienone is 1. The zero-order valence-corrected chi connectivity index (χ0v) is 10.3. The van der Waals surface area contributed by atoms with Gasteiger partial charge in [0.1, 0.15) is 23.5 Å². The minimum atomic E-state index is 0.0547. The molecule has 0 aliphatic heterocycles. The van der Waals surface area contributed by atoms with Gasteiger partial charge >= 0.3 is 0 Å². The first-order valence-corrected chi connectivity index (χ1v) is 5.44. The summed E-state index contributed by atoms with van der Waals surface area (Å²) in [5, 5.41) is 17.4. The summed E-state index contributed by atoms with van der Waals surface area (Å²) in [5.74, 6) is 0.661. The summed E-state index contributed by atoms with van der Waals surface area (Å²) in [6.45, 7) is 2.42. The third-order valence-electron chi connectivity index (χ3n) is 1.81. The van der Waals surface area contributed by atoms with Gasteiger partial charge in [0.2, 0.25) is 0 Å². The van der Waals surface area contributed by atoms with E-state index < -0.39 is 0 Å². The van der Waals surface area contributed by atoms with E-state index in [4.69, 9.17) is 15.3 Å². The molecule has 0 aromatic heterocycles. The maximum absolute atomic E-state index is 8.68. The van der Waals surface area contributed by atoms with Crippen LogP contribution in [-0.4, -0.2) is 6.61 Å². The first-order chi connectivity index (χ1) is 7.71. The van der Waals surface area contributed by atoms with Crippen LogP contribution in [0.2, 0.25) is 0 Å². The average molecular weight is 277 g/mol. The molecule has 0 saturated heterocycles. The van der Waals surface area contributed by atoms with E-state index in [9.17, 15) is 0 Å². The Morgan fingerprint density at radius 1 is 1.44 bits per heavy atom. The Kier molecular flexibility index (Phi) is 4.57. The van der Waals surface area contributed by atoms with Crippen LogP contribution in [0, 0.1) is 22.7 Å². The molecule has 0 heterocycles. The van der Waals surface area contributed by atoms with E-state index in [2.05, 4.69) is 15.9 Å². The van der Waals surface area contributed by atoms with Crippen LogP contribution in [0.5, 0.6) is 5.75 Å². The second-order valence-corrected chi connectivity index (χ2v) is 3.81. The van der Waals surface area contributed by atoms with Gasteiger partial charge in [-0.2, -0.15) is 10.5 Å². The number of nitrogens with zero attached hydrogens (tertiary/aromatic N) is 2. The van der Waals surface area contributed by atoms with E-state index in [-0.39, 0.29) is 5.57 Å². The Labute approximate surface area is 103 Å². The molecule has 1 aromatic rings. The number of hydrogen-bond acceptors (Lipinski definition) is 3. The number of halogens is 1. The molecule has 0 spiro atoms. The summed E-state index contributed by atoms with van der Waals surface area (Å²) >= 11 is 3.33. The molecule has 3 nitrogen and oxygen atoms in total. The van der Waals surface area contributed by atoms with Crippen molar-refractivity contribution in [3.8, 4) is 17.9 Å². The standard InChI is InChI=1S/C12H9BrN2O/c1-2-16-12-4-3-11(13)6-10(12)5-9(7-14)8-15/h3-6H,2H2,1H3. The third-order valence-corrected chi connectivity index (χ3v) is 2.31. The van der Waals surface area contributed by atoms with E-state index in [1.165, 1.54) is 6.08 Å². The summed E-state index contributed by atoms with van der Waals surface area (Å²) in [7, 11) is 0. The maximum atomic E-state index is 8.68. The molecule has 80 valence electrons. The van der Waals surface area contributed by atoms with Crippen LogP contribution < -0.4 is 4.74 Å². The highest BCUT2D eigenvalue weighted by Crippen LogP contribution is 2.25. The van der Waals surface area contributed by atoms with Crippen LogP contribution in [0.15, 0.2) is 28.2 Å². The van der Waals surface area contributed by atoms with Crippen molar-refractivity contribution in [2.45, 2.75) is 6.92 Å². The molecule has 0 saturated carbocycles. The van der Waals surface area contributed by atoms with Crippen molar-refractivity contribution in [1.29, 1.82) is 10.5 Å². The molecule has 1 aromatic carbocycles. The molecule has 0 fully saturated rings. The molecule has 0 N–H and O–H groups in total. The summed E-state index contributed by atoms with van der Waals surface area (Å²) < 4.78 is 6.27. The van der Waals surface area contributed by atoms with Gasteiger partial charge in [0.15, 0.2) is 0 Å². The Hall–Kier alpha value is -1.78. The Morgan fingerprint density at radius 3 is 2.69 bits per heavy atom. The number of hydrogen-bond donors (Lipinski definition) is 0. The smallest absolute Gasteiger partial charge is 0.130 e. The van der Waals surface area contributed by atoms with Crippen molar-refractivity contribution in [2.24, 2.45) is 0 Å². The lowest BCUT2D eigenvalue weighted by Crippen LogP contribution is -1.94. The number of benzene rings is 1. The van der Waals surface area contributed by atoms with Crippen LogP contribution in [0.25, 0.3) is 6.08 Å². The quantitative estimate of drug-likeness (QED) is 0.796. The highest BCUT2D eigenvalue weighted by molar-refractivity contribution is 9.10. The van der Waals surface area contributed by atoms with Crippen LogP contribution in [0.1, 0.15) is 12.5 Å². The average Bonchev–Trinajstić information content (AvgIpc) is 2.29. The van der Waals surface area contributed by atoms with Gasteiger partial charge in [-0.25, -0.2) is 0 Å². The fourth-order valence-corrected chi connectivity index (χ4v) is 1.54. The van der Waals surface area contributed by atoms with Crippen LogP contribution in [-0.2, 0) is 0 Å². The zero-order valence-electron chi connectivity index (χ0n) is 8.70. The predicted octanol–water partition coefficient (Wildman–Crippen LogP) is 3.28. The topological polar surface area (TPSA) is 56.8 Å². The molecular formula is C12H9BrN2O. The number of ether oxygens (including phenoxy) is 1. The van der Waals surface area contributed by atoms with Gasteiger partial charge in [-0.15, -0.1) is 0 Å². The molecular weight excluding hydrogens is 268 g/mol. The van der Waals surface area contributed by atoms with E-state index in [1.807, 2.05) is 25.1 Å². The van der Waals surface area contributed by atoms with Crippen LogP contribution >= 0.6 is 15.9 Å². The molecule has 0 aliphatic carbocycles. The van der Waals surface area contributed by atoms with Crippen molar-refractivity contribution in [1.82, 2.24) is 0 Å². The second-order valence-electron chi connectivity index (χ2n) is 2.90. The lowest BCUT2D eigenvalue weighted by atomic mass is 10.1. The fourth-order valence-electron chi connectivity index (χ4n) is 1.16. The summed E-state index contributed by atoms with van der Waals surface area (Å²) in [4.78, 5) is 0. The van der Waals surface area contributed by atoms with Gasteiger partial charge in [-0.05, 0) is 31.2 Å². The fraction of sp³-hybridized carbons (Fsp3) is 0.167. The summed E-state index contributed by atoms with van der Waals surface area (Å²) in [6.07, 6.45) is 1.51. The molecule has 16 heavy (non-hydrogen) atoms. The molecule has 0 radical (unpaired) electrons. The van der Waals surface area contributed by atoms with Crippen molar-refractivity contribution < 1.29 is 4.74 Å². The van der Waals surface area contributed by atoms with Gasteiger partial charge in [-0.3, -0.25) is 0 Å². The van der Waals surface area contributed by atoms with Crippen LogP contribution in [0.4, 0.5) is 0 Å². The lowest BCUT2D eigenvalue weighted by molar-refractivity contribution is 0.339. The SMILES string of the molecule is CCOc1ccc(Br)cc1C=C(C#N)C#N. The minimum Gasteiger partial charge on any atom is -0.493 e. The molecule has 0 unspecified atom stereocenters. The van der Waals surface area contributed by atoms with Gasteiger partial charge in [0, 0.05) is 10.0 Å². The normalized spacial score (nSPS) is 8.75. The monoisotopic (exact) mass is 276 g/mol. The van der Waals surface area contributed by atoms with E-state index in [1.54, 1.807) is 12.1 Å². The molecule has 0 amide bonds. The molecule has 0 atom stereocenters. The first kappa shape index (κ1) is 12.3. The van der Waals surface area contributed by atoms with Gasteiger partial charge in [0.05, 0.1) is 6.61 Å². The maximum Gasteiger partial charge on any atom is 0.130 e. The molecule has 1 rings (SSSR count). The number of nitriles is 2. The molecule has 0 bridgehead atoms. The Bertz CT molecular complexity index is 479. The second kappa shape index (κ2) is 5.95. The van der Waals surface area contributed by atoms with Crippen molar-refractivity contribution in [3.63, 3.8) is 0 Å². The highest BCUT2D eigenvalue weighted by atomic mass is 79.9. The predicted molar refractivity (Wildman–Crippen MR) is 64.5 cm³/mol. The summed E-state index contributed by atoms with van der Waals surface area (Å²) in [6, 6.07) is 9.09. The van der Waals surface area contributed by atoms with Gasteiger partial charge in [-0.1, -0.05) is 15.9 Å². The van der Waals surface area contributed by atoms with Crippen molar-refractivity contribution in [2.75, 3.05) is 6.61 Å². The van der Waals surface area contributed by atoms with Gasteiger partial charge < -0.3 is 4.74 Å². The minimum absolute atomic E-state index is 0.0547. The highest BCUT2D eigenvalue weighted by Gasteiger charge is 2.03. The lowest BCUT2D eigenvalue weighted by Gasteiger charge is -2.07. The van der Waals surface area contributed by atoms with Crippen LogP contribution in [0.3, 0.4) is 0 Å². The first-order valence-electron chi connectivity index (χ1n) is 4.65. The van der Waals surface area contributed by atoms with E-state index in [0.717, 1.165) is 4.47 Å². The van der Waals surface area contributed by atoms with E-state index >= 15 is 0 Å². The third kappa shape index (κ3) is 3.12. The van der Waals surface area contributed by atoms with E-state index in [0.29, 0.717) is 17.9 Å². The Balaban J connectivity index is 3.21. The summed E-state index contributed by atoms with van der Waals surface area (Å²) in [5.41, 5.74) is 0.772. The van der Waals surface area contributed by atoms with Crippen molar-refractivity contribution in [3.05, 3.63) is 33.8 Å². The largest absolute Gasteiger partial charge is 0.493 e. The molecule has 0 aliphatic rings. The Morgan fingerprint density at radius 2 is 2.12 bits per heavy atom. The molecule has 4 heteroatoms. The zero-order chi connectivity index (χ0) is 12.0. The van der Waals surface area contributed by atoms with Crippen molar-refractivity contribution >= 4 is 22.0 Å².